The zero-order chi connectivity index (χ0) is 14.3. The molecule has 19 heavy (non-hydrogen) atoms. The Kier molecular flexibility index (Phi) is 6.57. The van der Waals surface area contributed by atoms with E-state index in [1.165, 1.54) is 5.56 Å². The number of rotatable bonds is 7. The Balaban J connectivity index is 2.54. The number of anilines is 1. The first-order valence-corrected chi connectivity index (χ1v) is 7.13. The predicted molar refractivity (Wildman–Crippen MR) is 81.1 cm³/mol. The summed E-state index contributed by atoms with van der Waals surface area (Å²) in [5, 5.41) is 6.34. The zero-order valence-corrected chi connectivity index (χ0v) is 12.5. The summed E-state index contributed by atoms with van der Waals surface area (Å²) in [5.74, 6) is 0.536. The van der Waals surface area contributed by atoms with E-state index in [1.54, 1.807) is 0 Å². The van der Waals surface area contributed by atoms with Gasteiger partial charge in [0.05, 0.1) is 0 Å². The van der Waals surface area contributed by atoms with E-state index >= 15 is 0 Å². The van der Waals surface area contributed by atoms with Gasteiger partial charge < -0.3 is 10.6 Å². The molecule has 0 saturated carbocycles. The maximum absolute atomic E-state index is 11.8. The van der Waals surface area contributed by atoms with E-state index < -0.39 is 0 Å². The minimum atomic E-state index is 0.100. The largest absolute Gasteiger partial charge is 0.326 e. The van der Waals surface area contributed by atoms with E-state index in [-0.39, 0.29) is 5.91 Å². The van der Waals surface area contributed by atoms with Crippen LogP contribution in [0.4, 0.5) is 5.69 Å². The summed E-state index contributed by atoms with van der Waals surface area (Å²) in [5.41, 5.74) is 2.08. The number of carbonyl (C=O) groups excluding carboxylic acids is 1. The van der Waals surface area contributed by atoms with E-state index in [4.69, 9.17) is 0 Å². The Hall–Kier alpha value is -1.35. The van der Waals surface area contributed by atoms with Gasteiger partial charge in [0.15, 0.2) is 0 Å². The number of hydrogen-bond acceptors (Lipinski definition) is 2. The second-order valence-corrected chi connectivity index (χ2v) is 5.50. The Bertz CT molecular complexity index is 401. The smallest absolute Gasteiger partial charge is 0.224 e. The third-order valence-electron chi connectivity index (χ3n) is 3.16. The van der Waals surface area contributed by atoms with Gasteiger partial charge in [-0.25, -0.2) is 0 Å². The van der Waals surface area contributed by atoms with Crippen molar-refractivity contribution in [1.29, 1.82) is 0 Å². The van der Waals surface area contributed by atoms with Gasteiger partial charge in [0.1, 0.15) is 0 Å². The van der Waals surface area contributed by atoms with Gasteiger partial charge in [0.25, 0.3) is 0 Å². The monoisotopic (exact) mass is 262 g/mol. The Morgan fingerprint density at radius 2 is 2.00 bits per heavy atom. The van der Waals surface area contributed by atoms with Gasteiger partial charge >= 0.3 is 0 Å². The summed E-state index contributed by atoms with van der Waals surface area (Å²) >= 11 is 0. The summed E-state index contributed by atoms with van der Waals surface area (Å²) in [4.78, 5) is 11.8. The normalized spacial score (nSPS) is 12.5. The van der Waals surface area contributed by atoms with Crippen molar-refractivity contribution < 1.29 is 4.79 Å². The van der Waals surface area contributed by atoms with Crippen molar-refractivity contribution in [2.75, 3.05) is 5.32 Å². The molecule has 0 heterocycles. The molecule has 0 spiro atoms. The molecule has 1 rings (SSSR count). The van der Waals surface area contributed by atoms with E-state index in [1.807, 2.05) is 18.2 Å². The average Bonchev–Trinajstić information content (AvgIpc) is 2.36. The fourth-order valence-electron chi connectivity index (χ4n) is 1.75. The van der Waals surface area contributed by atoms with Gasteiger partial charge in [-0.05, 0) is 23.6 Å². The highest BCUT2D eigenvalue weighted by Gasteiger charge is 2.07. The summed E-state index contributed by atoms with van der Waals surface area (Å²) in [6, 6.07) is 8.48. The highest BCUT2D eigenvalue weighted by atomic mass is 16.1. The molecule has 0 bridgehead atoms. The minimum absolute atomic E-state index is 0.100. The fraction of sp³-hybridized carbons (Fsp3) is 0.562. The Morgan fingerprint density at radius 3 is 2.63 bits per heavy atom. The van der Waals surface area contributed by atoms with Crippen LogP contribution < -0.4 is 10.6 Å². The first-order chi connectivity index (χ1) is 9.01. The molecule has 1 unspecified atom stereocenters. The highest BCUT2D eigenvalue weighted by Crippen LogP contribution is 2.13. The SMILES string of the molecule is CCC(C)CC(=O)Nc1cccc(CNC(C)C)c1. The van der Waals surface area contributed by atoms with Crippen molar-refractivity contribution >= 4 is 11.6 Å². The molecule has 1 aromatic carbocycles. The number of amides is 1. The molecule has 1 aromatic rings. The van der Waals surface area contributed by atoms with Crippen molar-refractivity contribution in [1.82, 2.24) is 5.32 Å². The zero-order valence-electron chi connectivity index (χ0n) is 12.5. The standard InChI is InChI=1S/C16H26N2O/c1-5-13(4)9-16(19)18-15-8-6-7-14(10-15)11-17-12(2)3/h6-8,10,12-13,17H,5,9,11H2,1-4H3,(H,18,19). The quantitative estimate of drug-likeness (QED) is 0.789. The van der Waals surface area contributed by atoms with Crippen LogP contribution >= 0.6 is 0 Å². The summed E-state index contributed by atoms with van der Waals surface area (Å²) < 4.78 is 0. The number of nitrogens with one attached hydrogen (secondary N) is 2. The van der Waals surface area contributed by atoms with Crippen molar-refractivity contribution in [3.8, 4) is 0 Å². The molecule has 0 aliphatic heterocycles. The second-order valence-electron chi connectivity index (χ2n) is 5.50. The topological polar surface area (TPSA) is 41.1 Å². The van der Waals surface area contributed by atoms with Gasteiger partial charge in [0.2, 0.25) is 5.91 Å². The minimum Gasteiger partial charge on any atom is -0.326 e. The molecular weight excluding hydrogens is 236 g/mol. The lowest BCUT2D eigenvalue weighted by atomic mass is 10.0. The van der Waals surface area contributed by atoms with Gasteiger partial charge in [-0.15, -0.1) is 0 Å². The Labute approximate surface area is 116 Å². The average molecular weight is 262 g/mol. The maximum atomic E-state index is 11.8. The van der Waals surface area contributed by atoms with Crippen molar-refractivity contribution in [3.05, 3.63) is 29.8 Å². The molecule has 1 amide bonds. The van der Waals surface area contributed by atoms with Crippen LogP contribution in [0.1, 0.15) is 46.1 Å². The lowest BCUT2D eigenvalue weighted by Crippen LogP contribution is -2.22. The van der Waals surface area contributed by atoms with E-state index in [0.717, 1.165) is 18.7 Å². The molecule has 0 radical (unpaired) electrons. The first kappa shape index (κ1) is 15.7. The van der Waals surface area contributed by atoms with Gasteiger partial charge in [0, 0.05) is 24.7 Å². The van der Waals surface area contributed by atoms with Crippen molar-refractivity contribution in [2.24, 2.45) is 5.92 Å². The van der Waals surface area contributed by atoms with E-state index in [0.29, 0.717) is 18.4 Å². The predicted octanol–water partition coefficient (Wildman–Crippen LogP) is 3.56. The van der Waals surface area contributed by atoms with Crippen LogP contribution in [0.3, 0.4) is 0 Å². The van der Waals surface area contributed by atoms with Crippen LogP contribution in [0.15, 0.2) is 24.3 Å². The molecule has 3 nitrogen and oxygen atoms in total. The van der Waals surface area contributed by atoms with Crippen LogP contribution in [0, 0.1) is 5.92 Å². The Morgan fingerprint density at radius 1 is 1.26 bits per heavy atom. The maximum Gasteiger partial charge on any atom is 0.224 e. The van der Waals surface area contributed by atoms with Crippen LogP contribution in [0.5, 0.6) is 0 Å². The van der Waals surface area contributed by atoms with Crippen LogP contribution in [-0.2, 0) is 11.3 Å². The molecular formula is C16H26N2O. The van der Waals surface area contributed by atoms with Gasteiger partial charge in [-0.1, -0.05) is 46.2 Å². The summed E-state index contributed by atoms with van der Waals surface area (Å²) in [6.07, 6.45) is 1.62. The second kappa shape index (κ2) is 7.95. The number of benzene rings is 1. The van der Waals surface area contributed by atoms with E-state index in [9.17, 15) is 4.79 Å². The molecule has 0 aliphatic rings. The molecule has 106 valence electrons. The van der Waals surface area contributed by atoms with Crippen molar-refractivity contribution in [2.45, 2.75) is 53.1 Å². The molecule has 0 fully saturated rings. The lowest BCUT2D eigenvalue weighted by molar-refractivity contribution is -0.117. The molecule has 1 atom stereocenters. The van der Waals surface area contributed by atoms with Gasteiger partial charge in [-0.2, -0.15) is 0 Å². The van der Waals surface area contributed by atoms with Gasteiger partial charge in [-0.3, -0.25) is 4.79 Å². The molecule has 0 saturated heterocycles. The molecule has 2 N–H and O–H groups in total. The molecule has 0 aliphatic carbocycles. The van der Waals surface area contributed by atoms with Crippen LogP contribution in [0.2, 0.25) is 0 Å². The van der Waals surface area contributed by atoms with E-state index in [2.05, 4.69) is 44.4 Å². The number of hydrogen-bond donors (Lipinski definition) is 2. The fourth-order valence-corrected chi connectivity index (χ4v) is 1.75. The third kappa shape index (κ3) is 6.39. The van der Waals surface area contributed by atoms with Crippen LogP contribution in [-0.4, -0.2) is 11.9 Å². The number of carbonyl (C=O) groups is 1. The first-order valence-electron chi connectivity index (χ1n) is 7.13. The summed E-state index contributed by atoms with van der Waals surface area (Å²) in [7, 11) is 0. The van der Waals surface area contributed by atoms with Crippen molar-refractivity contribution in [3.63, 3.8) is 0 Å². The summed E-state index contributed by atoms with van der Waals surface area (Å²) in [6.45, 7) is 9.28. The van der Waals surface area contributed by atoms with Crippen LogP contribution in [0.25, 0.3) is 0 Å². The molecule has 0 aromatic heterocycles. The lowest BCUT2D eigenvalue weighted by Gasteiger charge is -2.11. The molecule has 3 heteroatoms. The highest BCUT2D eigenvalue weighted by molar-refractivity contribution is 5.90. The third-order valence-corrected chi connectivity index (χ3v) is 3.16.